The molecular weight excluding hydrogens is 233 g/mol. The summed E-state index contributed by atoms with van der Waals surface area (Å²) < 4.78 is 39.3. The molecule has 3 nitrogen and oxygen atoms in total. The van der Waals surface area contributed by atoms with Crippen LogP contribution in [0.5, 0.6) is 5.75 Å². The number of aliphatic imine (C=N–C) groups is 1. The molecule has 0 atom stereocenters. The zero-order chi connectivity index (χ0) is 12.9. The Morgan fingerprint density at radius 1 is 1.29 bits per heavy atom. The van der Waals surface area contributed by atoms with Crippen molar-refractivity contribution in [2.24, 2.45) is 10.7 Å². The van der Waals surface area contributed by atoms with Crippen molar-refractivity contribution in [3.05, 3.63) is 36.0 Å². The van der Waals surface area contributed by atoms with Crippen molar-refractivity contribution in [2.75, 3.05) is 0 Å². The van der Waals surface area contributed by atoms with Gasteiger partial charge in [-0.25, -0.2) is 0 Å². The lowest BCUT2D eigenvalue weighted by Crippen LogP contribution is -2.16. The first-order chi connectivity index (χ1) is 7.87. The Labute approximate surface area is 96.4 Å². The fourth-order valence-electron chi connectivity index (χ4n) is 0.975. The third-order valence-corrected chi connectivity index (χ3v) is 1.63. The molecule has 92 valence electrons. The number of allylic oxidation sites excluding steroid dienone is 2. The van der Waals surface area contributed by atoms with E-state index in [2.05, 4.69) is 9.73 Å². The molecule has 0 unspecified atom stereocenters. The molecule has 0 aliphatic rings. The van der Waals surface area contributed by atoms with E-state index in [1.54, 1.807) is 13.0 Å². The van der Waals surface area contributed by atoms with Gasteiger partial charge in [0.15, 0.2) is 0 Å². The van der Waals surface area contributed by atoms with Crippen molar-refractivity contribution in [1.29, 1.82) is 0 Å². The van der Waals surface area contributed by atoms with Crippen LogP contribution in [0.4, 0.5) is 18.9 Å². The summed E-state index contributed by atoms with van der Waals surface area (Å²) in [7, 11) is 0. The monoisotopic (exact) mass is 244 g/mol. The van der Waals surface area contributed by atoms with Gasteiger partial charge < -0.3 is 10.5 Å². The second-order valence-corrected chi connectivity index (χ2v) is 3.23. The number of rotatable bonds is 3. The molecule has 0 aromatic heterocycles. The van der Waals surface area contributed by atoms with Gasteiger partial charge in [-0.2, -0.15) is 0 Å². The first-order valence-corrected chi connectivity index (χ1v) is 4.69. The van der Waals surface area contributed by atoms with Gasteiger partial charge in [0, 0.05) is 11.9 Å². The highest BCUT2D eigenvalue weighted by Gasteiger charge is 2.30. The van der Waals surface area contributed by atoms with Crippen molar-refractivity contribution in [3.8, 4) is 5.75 Å². The van der Waals surface area contributed by atoms with Crippen LogP contribution in [0.1, 0.15) is 6.92 Å². The topological polar surface area (TPSA) is 47.6 Å². The van der Waals surface area contributed by atoms with E-state index < -0.39 is 6.36 Å². The molecule has 6 heteroatoms. The molecule has 0 fully saturated rings. The summed E-state index contributed by atoms with van der Waals surface area (Å²) in [6.45, 7) is 1.70. The molecule has 0 saturated heterocycles. The zero-order valence-corrected chi connectivity index (χ0v) is 9.03. The Hall–Kier alpha value is -1.98. The van der Waals surface area contributed by atoms with Gasteiger partial charge >= 0.3 is 6.36 Å². The molecule has 0 aliphatic heterocycles. The van der Waals surface area contributed by atoms with Crippen LogP contribution in [0.2, 0.25) is 0 Å². The summed E-state index contributed by atoms with van der Waals surface area (Å²) in [5.74, 6) is -0.276. The van der Waals surface area contributed by atoms with Crippen molar-refractivity contribution < 1.29 is 17.9 Å². The van der Waals surface area contributed by atoms with Gasteiger partial charge in [-0.05, 0) is 37.3 Å². The first-order valence-electron chi connectivity index (χ1n) is 4.69. The number of nitrogens with zero attached hydrogens (tertiary/aromatic N) is 1. The molecular formula is C11H11F3N2O. The maximum absolute atomic E-state index is 11.9. The van der Waals surface area contributed by atoms with Crippen LogP contribution < -0.4 is 10.5 Å². The molecule has 2 N–H and O–H groups in total. The van der Waals surface area contributed by atoms with Gasteiger partial charge in [-0.15, -0.1) is 13.2 Å². The van der Waals surface area contributed by atoms with Gasteiger partial charge in [0.25, 0.3) is 0 Å². The average Bonchev–Trinajstić information content (AvgIpc) is 2.18. The van der Waals surface area contributed by atoms with E-state index in [9.17, 15) is 13.2 Å². The Balaban J connectivity index is 2.69. The molecule has 17 heavy (non-hydrogen) atoms. The minimum Gasteiger partial charge on any atom is -0.406 e. The largest absolute Gasteiger partial charge is 0.573 e. The number of hydrogen-bond donors (Lipinski definition) is 1. The Kier molecular flexibility index (Phi) is 4.14. The lowest BCUT2D eigenvalue weighted by Gasteiger charge is -2.08. The van der Waals surface area contributed by atoms with Gasteiger partial charge in [0.1, 0.15) is 5.75 Å². The molecule has 0 aliphatic carbocycles. The van der Waals surface area contributed by atoms with Gasteiger partial charge in [0.05, 0.1) is 5.69 Å². The number of benzene rings is 1. The normalized spacial score (nSPS) is 13.1. The average molecular weight is 244 g/mol. The lowest BCUT2D eigenvalue weighted by molar-refractivity contribution is -0.274. The number of hydrogen-bond acceptors (Lipinski definition) is 3. The third-order valence-electron chi connectivity index (χ3n) is 1.63. The van der Waals surface area contributed by atoms with Crippen LogP contribution in [0.15, 0.2) is 41.0 Å². The van der Waals surface area contributed by atoms with Gasteiger partial charge in [-0.3, -0.25) is 4.99 Å². The van der Waals surface area contributed by atoms with E-state index in [4.69, 9.17) is 5.73 Å². The van der Waals surface area contributed by atoms with E-state index in [-0.39, 0.29) is 5.75 Å². The number of ether oxygens (including phenoxy) is 1. The molecule has 1 aromatic carbocycles. The maximum atomic E-state index is 11.9. The minimum atomic E-state index is -4.68. The molecule has 0 saturated carbocycles. The van der Waals surface area contributed by atoms with E-state index >= 15 is 0 Å². The first kappa shape index (κ1) is 13.1. The van der Waals surface area contributed by atoms with Crippen LogP contribution in [0, 0.1) is 0 Å². The second kappa shape index (κ2) is 5.38. The fraction of sp³-hybridized carbons (Fsp3) is 0.182. The van der Waals surface area contributed by atoms with Crippen LogP contribution in [-0.2, 0) is 0 Å². The van der Waals surface area contributed by atoms with Crippen molar-refractivity contribution >= 4 is 11.9 Å². The van der Waals surface area contributed by atoms with Crippen molar-refractivity contribution in [3.63, 3.8) is 0 Å². The SMILES string of the molecule is C/C(N)=C/C=Nc1ccc(OC(F)(F)F)cc1. The second-order valence-electron chi connectivity index (χ2n) is 3.23. The minimum absolute atomic E-state index is 0.276. The highest BCUT2D eigenvalue weighted by molar-refractivity contribution is 5.75. The zero-order valence-electron chi connectivity index (χ0n) is 9.03. The molecule has 1 aromatic rings. The molecule has 0 heterocycles. The summed E-state index contributed by atoms with van der Waals surface area (Å²) in [4.78, 5) is 3.97. The highest BCUT2D eigenvalue weighted by Crippen LogP contribution is 2.24. The summed E-state index contributed by atoms with van der Waals surface area (Å²) in [6.07, 6.45) is -1.63. The molecule has 0 bridgehead atoms. The van der Waals surface area contributed by atoms with Crippen LogP contribution >= 0.6 is 0 Å². The van der Waals surface area contributed by atoms with Gasteiger partial charge in [0.2, 0.25) is 0 Å². The number of alkyl halides is 3. The van der Waals surface area contributed by atoms with Crippen molar-refractivity contribution in [1.82, 2.24) is 0 Å². The van der Waals surface area contributed by atoms with E-state index in [0.29, 0.717) is 11.4 Å². The number of nitrogens with two attached hydrogens (primary N) is 1. The summed E-state index contributed by atoms with van der Waals surface area (Å²) in [5.41, 5.74) is 6.47. The van der Waals surface area contributed by atoms with Gasteiger partial charge in [-0.1, -0.05) is 0 Å². The number of halogens is 3. The Morgan fingerprint density at radius 3 is 2.35 bits per heavy atom. The maximum Gasteiger partial charge on any atom is 0.573 e. The van der Waals surface area contributed by atoms with Crippen molar-refractivity contribution in [2.45, 2.75) is 13.3 Å². The Morgan fingerprint density at radius 2 is 1.88 bits per heavy atom. The molecule has 0 spiro atoms. The lowest BCUT2D eigenvalue weighted by atomic mass is 10.3. The van der Waals surface area contributed by atoms with Crippen LogP contribution in [-0.4, -0.2) is 12.6 Å². The smallest absolute Gasteiger partial charge is 0.406 e. The van der Waals surface area contributed by atoms with Crippen LogP contribution in [0.3, 0.4) is 0 Å². The highest BCUT2D eigenvalue weighted by atomic mass is 19.4. The summed E-state index contributed by atoms with van der Waals surface area (Å²) in [6, 6.07) is 5.22. The Bertz CT molecular complexity index is 417. The predicted octanol–water partition coefficient (Wildman–Crippen LogP) is 3.15. The predicted molar refractivity (Wildman–Crippen MR) is 59.2 cm³/mol. The van der Waals surface area contributed by atoms with E-state index in [1.807, 2.05) is 0 Å². The molecule has 1 rings (SSSR count). The molecule has 0 radical (unpaired) electrons. The third kappa shape index (κ3) is 5.60. The summed E-state index contributed by atoms with van der Waals surface area (Å²) in [5, 5.41) is 0. The molecule has 0 amide bonds. The standard InChI is InChI=1S/C11H11F3N2O/c1-8(15)6-7-16-9-2-4-10(5-3-9)17-11(12,13)14/h2-7H,15H2,1H3/b8-6-,16-7?. The van der Waals surface area contributed by atoms with Crippen LogP contribution in [0.25, 0.3) is 0 Å². The quantitative estimate of drug-likeness (QED) is 0.830. The fourth-order valence-corrected chi connectivity index (χ4v) is 0.975. The van der Waals surface area contributed by atoms with E-state index in [0.717, 1.165) is 0 Å². The summed E-state index contributed by atoms with van der Waals surface area (Å²) >= 11 is 0. The van der Waals surface area contributed by atoms with E-state index in [1.165, 1.54) is 30.5 Å².